The number of carbonyl (C=O) groups is 1. The van der Waals surface area contributed by atoms with Gasteiger partial charge in [0.05, 0.1) is 0 Å². The lowest BCUT2D eigenvalue weighted by atomic mass is 9.92. The number of benzene rings is 1. The van der Waals surface area contributed by atoms with E-state index in [0.717, 1.165) is 52.1 Å². The van der Waals surface area contributed by atoms with Gasteiger partial charge < -0.3 is 9.80 Å². The molecular formula is C22H35N3O. The van der Waals surface area contributed by atoms with Gasteiger partial charge in [-0.1, -0.05) is 43.7 Å². The van der Waals surface area contributed by atoms with Crippen molar-refractivity contribution >= 4 is 5.91 Å². The molecule has 2 unspecified atom stereocenters. The van der Waals surface area contributed by atoms with E-state index in [9.17, 15) is 4.79 Å². The highest BCUT2D eigenvalue weighted by Crippen LogP contribution is 2.25. The first-order valence-corrected chi connectivity index (χ1v) is 10.4. The van der Waals surface area contributed by atoms with Crippen LogP contribution in [0.4, 0.5) is 0 Å². The minimum Gasteiger partial charge on any atom is -0.341 e. The molecule has 1 aromatic carbocycles. The number of amides is 1. The maximum absolute atomic E-state index is 13.1. The van der Waals surface area contributed by atoms with Crippen LogP contribution in [-0.4, -0.2) is 73.0 Å². The summed E-state index contributed by atoms with van der Waals surface area (Å²) in [5.41, 5.74) is 1.30. The van der Waals surface area contributed by atoms with Crippen LogP contribution in [0.1, 0.15) is 50.5 Å². The van der Waals surface area contributed by atoms with Crippen molar-refractivity contribution in [3.63, 3.8) is 0 Å². The molecule has 4 nitrogen and oxygen atoms in total. The Hall–Kier alpha value is -1.39. The van der Waals surface area contributed by atoms with E-state index >= 15 is 0 Å². The molecule has 0 N–H and O–H groups in total. The van der Waals surface area contributed by atoms with Crippen LogP contribution < -0.4 is 0 Å². The summed E-state index contributed by atoms with van der Waals surface area (Å²) in [7, 11) is 2.20. The molecule has 144 valence electrons. The third-order valence-corrected chi connectivity index (χ3v) is 6.24. The molecule has 0 saturated carbocycles. The third kappa shape index (κ3) is 5.08. The summed E-state index contributed by atoms with van der Waals surface area (Å²) >= 11 is 0. The van der Waals surface area contributed by atoms with E-state index in [2.05, 4.69) is 52.9 Å². The fraction of sp³-hybridized carbons (Fsp3) is 0.682. The van der Waals surface area contributed by atoms with Crippen molar-refractivity contribution in [2.45, 2.75) is 51.0 Å². The van der Waals surface area contributed by atoms with E-state index in [1.165, 1.54) is 18.4 Å². The zero-order valence-corrected chi connectivity index (χ0v) is 16.6. The molecule has 2 saturated heterocycles. The van der Waals surface area contributed by atoms with Gasteiger partial charge in [0.1, 0.15) is 0 Å². The smallest absolute Gasteiger partial charge is 0.223 e. The number of piperazine rings is 1. The first-order chi connectivity index (χ1) is 12.7. The summed E-state index contributed by atoms with van der Waals surface area (Å²) < 4.78 is 0. The van der Waals surface area contributed by atoms with Gasteiger partial charge in [-0.3, -0.25) is 9.69 Å². The number of likely N-dealkylation sites (N-methyl/N-ethyl adjacent to an activating group) is 1. The van der Waals surface area contributed by atoms with Gasteiger partial charge in [0, 0.05) is 51.7 Å². The Morgan fingerprint density at radius 1 is 1.08 bits per heavy atom. The summed E-state index contributed by atoms with van der Waals surface area (Å²) in [5.74, 6) is 0.691. The second-order valence-electron chi connectivity index (χ2n) is 8.05. The van der Waals surface area contributed by atoms with Crippen LogP contribution in [0.3, 0.4) is 0 Å². The Kier molecular flexibility index (Phi) is 7.09. The molecule has 1 aromatic rings. The molecule has 2 aliphatic rings. The van der Waals surface area contributed by atoms with Gasteiger partial charge in [-0.2, -0.15) is 0 Å². The molecule has 0 radical (unpaired) electrons. The largest absolute Gasteiger partial charge is 0.341 e. The van der Waals surface area contributed by atoms with Crippen LogP contribution in [0.25, 0.3) is 0 Å². The standard InChI is InChI=1S/C22H35N3O/c1-3-19(20-9-5-4-6-10-20)17-22(26)25-12-8-7-11-21(18-25)24-15-13-23(2)14-16-24/h4-6,9-10,19,21H,3,7-8,11-18H2,1-2H3. The molecule has 2 heterocycles. The minimum atomic E-state index is 0.342. The van der Waals surface area contributed by atoms with Crippen molar-refractivity contribution in [2.24, 2.45) is 0 Å². The molecule has 0 aromatic heterocycles. The van der Waals surface area contributed by atoms with E-state index in [1.54, 1.807) is 0 Å². The monoisotopic (exact) mass is 357 g/mol. The summed E-state index contributed by atoms with van der Waals surface area (Å²) in [4.78, 5) is 20.3. The van der Waals surface area contributed by atoms with Crippen molar-refractivity contribution in [1.29, 1.82) is 0 Å². The van der Waals surface area contributed by atoms with Gasteiger partial charge in [-0.15, -0.1) is 0 Å². The average molecular weight is 358 g/mol. The normalized spacial score (nSPS) is 24.2. The van der Waals surface area contributed by atoms with Crippen molar-refractivity contribution in [3.05, 3.63) is 35.9 Å². The molecule has 26 heavy (non-hydrogen) atoms. The van der Waals surface area contributed by atoms with E-state index in [0.29, 0.717) is 24.3 Å². The SMILES string of the molecule is CCC(CC(=O)N1CCCCC(N2CCN(C)CC2)C1)c1ccccc1. The Morgan fingerprint density at radius 2 is 1.81 bits per heavy atom. The predicted molar refractivity (Wildman–Crippen MR) is 107 cm³/mol. The fourth-order valence-corrected chi connectivity index (χ4v) is 4.39. The zero-order valence-electron chi connectivity index (χ0n) is 16.6. The predicted octanol–water partition coefficient (Wildman–Crippen LogP) is 3.20. The molecule has 0 aliphatic carbocycles. The molecular weight excluding hydrogens is 322 g/mol. The Morgan fingerprint density at radius 3 is 2.50 bits per heavy atom. The fourth-order valence-electron chi connectivity index (χ4n) is 4.39. The first-order valence-electron chi connectivity index (χ1n) is 10.4. The van der Waals surface area contributed by atoms with Gasteiger partial charge in [0.15, 0.2) is 0 Å². The summed E-state index contributed by atoms with van der Waals surface area (Å²) in [5, 5.41) is 0. The topological polar surface area (TPSA) is 26.8 Å². The number of likely N-dealkylation sites (tertiary alicyclic amines) is 1. The Balaban J connectivity index is 1.60. The number of rotatable bonds is 5. The zero-order chi connectivity index (χ0) is 18.4. The van der Waals surface area contributed by atoms with E-state index in [1.807, 2.05) is 6.07 Å². The van der Waals surface area contributed by atoms with Gasteiger partial charge in [-0.25, -0.2) is 0 Å². The van der Waals surface area contributed by atoms with Crippen molar-refractivity contribution in [3.8, 4) is 0 Å². The second kappa shape index (κ2) is 9.52. The van der Waals surface area contributed by atoms with Crippen molar-refractivity contribution in [1.82, 2.24) is 14.7 Å². The van der Waals surface area contributed by atoms with Crippen molar-refractivity contribution in [2.75, 3.05) is 46.3 Å². The maximum Gasteiger partial charge on any atom is 0.223 e. The molecule has 0 bridgehead atoms. The van der Waals surface area contributed by atoms with Gasteiger partial charge in [-0.05, 0) is 37.8 Å². The van der Waals surface area contributed by atoms with E-state index in [4.69, 9.17) is 0 Å². The van der Waals surface area contributed by atoms with Gasteiger partial charge in [0.2, 0.25) is 5.91 Å². The lowest BCUT2D eigenvalue weighted by Crippen LogP contribution is -2.52. The Labute approximate surface area is 159 Å². The lowest BCUT2D eigenvalue weighted by molar-refractivity contribution is -0.132. The van der Waals surface area contributed by atoms with Crippen LogP contribution in [-0.2, 0) is 4.79 Å². The summed E-state index contributed by atoms with van der Waals surface area (Å²) in [6.07, 6.45) is 5.31. The highest BCUT2D eigenvalue weighted by atomic mass is 16.2. The van der Waals surface area contributed by atoms with E-state index < -0.39 is 0 Å². The van der Waals surface area contributed by atoms with Crippen molar-refractivity contribution < 1.29 is 4.79 Å². The number of hydrogen-bond acceptors (Lipinski definition) is 3. The van der Waals surface area contributed by atoms with Crippen LogP contribution in [0.15, 0.2) is 30.3 Å². The maximum atomic E-state index is 13.1. The highest BCUT2D eigenvalue weighted by molar-refractivity contribution is 5.77. The average Bonchev–Trinajstić information content (AvgIpc) is 2.93. The summed E-state index contributed by atoms with van der Waals surface area (Å²) in [6.45, 7) is 8.64. The van der Waals surface area contributed by atoms with Gasteiger partial charge in [0.25, 0.3) is 0 Å². The molecule has 2 atom stereocenters. The molecule has 2 fully saturated rings. The quantitative estimate of drug-likeness (QED) is 0.810. The number of hydrogen-bond donors (Lipinski definition) is 0. The van der Waals surface area contributed by atoms with Crippen LogP contribution in [0.5, 0.6) is 0 Å². The highest BCUT2D eigenvalue weighted by Gasteiger charge is 2.28. The van der Waals surface area contributed by atoms with Crippen LogP contribution in [0, 0.1) is 0 Å². The molecule has 3 rings (SSSR count). The number of carbonyl (C=O) groups excluding carboxylic acids is 1. The molecule has 4 heteroatoms. The lowest BCUT2D eigenvalue weighted by Gasteiger charge is -2.39. The van der Waals surface area contributed by atoms with Crippen LogP contribution in [0.2, 0.25) is 0 Å². The minimum absolute atomic E-state index is 0.342. The molecule has 2 aliphatic heterocycles. The second-order valence-corrected chi connectivity index (χ2v) is 8.05. The third-order valence-electron chi connectivity index (χ3n) is 6.24. The Bertz CT molecular complexity index is 554. The molecule has 1 amide bonds. The summed E-state index contributed by atoms with van der Waals surface area (Å²) in [6, 6.07) is 11.1. The molecule has 0 spiro atoms. The van der Waals surface area contributed by atoms with Crippen LogP contribution >= 0.6 is 0 Å². The number of nitrogens with zero attached hydrogens (tertiary/aromatic N) is 3. The van der Waals surface area contributed by atoms with E-state index in [-0.39, 0.29) is 0 Å². The van der Waals surface area contributed by atoms with Gasteiger partial charge >= 0.3 is 0 Å². The first kappa shape index (κ1) is 19.4.